The van der Waals surface area contributed by atoms with Crippen molar-refractivity contribution in [1.29, 1.82) is 0 Å². The Hall–Kier alpha value is -2.35. The lowest BCUT2D eigenvalue weighted by atomic mass is 10.1. The van der Waals surface area contributed by atoms with Gasteiger partial charge in [0.25, 0.3) is 0 Å². The maximum Gasteiger partial charge on any atom is 0.228 e. The van der Waals surface area contributed by atoms with Crippen LogP contribution in [0.1, 0.15) is 61.8 Å². The SMILES string of the molecule is CCCC(=O)Nc1ccc(C(=O)CSc2nnc(N3CCCC3)n2C2CC2)cc1. The number of carbonyl (C=O) groups excluding carboxylic acids is 2. The molecule has 2 heterocycles. The summed E-state index contributed by atoms with van der Waals surface area (Å²) in [6.07, 6.45) is 6.03. The van der Waals surface area contributed by atoms with Crippen LogP contribution in [-0.4, -0.2) is 45.3 Å². The Morgan fingerprint density at radius 3 is 2.52 bits per heavy atom. The van der Waals surface area contributed by atoms with E-state index in [1.807, 2.05) is 6.92 Å². The minimum absolute atomic E-state index is 0.00430. The molecular formula is C21H27N5O2S. The summed E-state index contributed by atoms with van der Waals surface area (Å²) in [4.78, 5) is 26.6. The average molecular weight is 414 g/mol. The Kier molecular flexibility index (Phi) is 6.18. The van der Waals surface area contributed by atoms with E-state index in [1.54, 1.807) is 24.3 Å². The first kappa shape index (κ1) is 19.9. The van der Waals surface area contributed by atoms with E-state index in [-0.39, 0.29) is 11.7 Å². The number of rotatable bonds is 9. The number of aromatic nitrogens is 3. The molecule has 7 nitrogen and oxygen atoms in total. The summed E-state index contributed by atoms with van der Waals surface area (Å²) in [5, 5.41) is 12.5. The van der Waals surface area contributed by atoms with Crippen LogP contribution in [0.5, 0.6) is 0 Å². The topological polar surface area (TPSA) is 80.1 Å². The Morgan fingerprint density at radius 2 is 1.86 bits per heavy atom. The van der Waals surface area contributed by atoms with Crippen molar-refractivity contribution in [3.05, 3.63) is 29.8 Å². The predicted molar refractivity (Wildman–Crippen MR) is 115 cm³/mol. The molecule has 0 atom stereocenters. The van der Waals surface area contributed by atoms with Gasteiger partial charge in [0, 0.05) is 36.8 Å². The largest absolute Gasteiger partial charge is 0.341 e. The molecule has 1 aromatic heterocycles. The fraction of sp³-hybridized carbons (Fsp3) is 0.524. The second-order valence-corrected chi connectivity index (χ2v) is 8.61. The van der Waals surface area contributed by atoms with Gasteiger partial charge in [0.1, 0.15) is 0 Å². The first-order chi connectivity index (χ1) is 14.2. The molecule has 1 aliphatic carbocycles. The third-order valence-electron chi connectivity index (χ3n) is 5.25. The molecule has 1 amide bonds. The molecule has 0 radical (unpaired) electrons. The van der Waals surface area contributed by atoms with E-state index in [0.717, 1.165) is 49.1 Å². The van der Waals surface area contributed by atoms with Gasteiger partial charge in [-0.2, -0.15) is 0 Å². The number of anilines is 2. The summed E-state index contributed by atoms with van der Waals surface area (Å²) in [5.41, 5.74) is 1.36. The molecule has 2 fully saturated rings. The molecule has 2 aromatic rings. The molecule has 29 heavy (non-hydrogen) atoms. The summed E-state index contributed by atoms with van der Waals surface area (Å²) >= 11 is 1.46. The summed E-state index contributed by atoms with van der Waals surface area (Å²) < 4.78 is 2.23. The van der Waals surface area contributed by atoms with Crippen molar-refractivity contribution in [2.75, 3.05) is 29.1 Å². The standard InChI is InChI=1S/C21H27N5O2S/c1-2-5-19(28)22-16-8-6-15(7-9-16)18(27)14-29-21-24-23-20(25-12-3-4-13-25)26(21)17-10-11-17/h6-9,17H,2-5,10-14H2,1H3,(H,22,28). The van der Waals surface area contributed by atoms with Crippen LogP contribution in [-0.2, 0) is 4.79 Å². The Bertz CT molecular complexity index is 870. The van der Waals surface area contributed by atoms with E-state index in [2.05, 4.69) is 25.0 Å². The number of benzene rings is 1. The van der Waals surface area contributed by atoms with Crippen LogP contribution in [0.4, 0.5) is 11.6 Å². The molecule has 0 unspecified atom stereocenters. The molecule has 1 saturated carbocycles. The fourth-order valence-electron chi connectivity index (χ4n) is 3.56. The van der Waals surface area contributed by atoms with E-state index < -0.39 is 0 Å². The van der Waals surface area contributed by atoms with E-state index in [9.17, 15) is 9.59 Å². The summed E-state index contributed by atoms with van der Waals surface area (Å²) in [7, 11) is 0. The molecule has 1 saturated heterocycles. The van der Waals surface area contributed by atoms with Crippen LogP contribution in [0.2, 0.25) is 0 Å². The van der Waals surface area contributed by atoms with Gasteiger partial charge in [-0.3, -0.25) is 14.2 Å². The second kappa shape index (κ2) is 8.98. The molecular weight excluding hydrogens is 386 g/mol. The third kappa shape index (κ3) is 4.80. The second-order valence-electron chi connectivity index (χ2n) is 7.67. The van der Waals surface area contributed by atoms with Crippen LogP contribution in [0, 0.1) is 0 Å². The van der Waals surface area contributed by atoms with Gasteiger partial charge in [-0.05, 0) is 56.4 Å². The lowest BCUT2D eigenvalue weighted by Gasteiger charge is -2.17. The van der Waals surface area contributed by atoms with E-state index in [1.165, 1.54) is 24.6 Å². The molecule has 4 rings (SSSR count). The number of hydrogen-bond acceptors (Lipinski definition) is 6. The van der Waals surface area contributed by atoms with Crippen LogP contribution in [0.15, 0.2) is 29.4 Å². The number of ketones is 1. The zero-order valence-electron chi connectivity index (χ0n) is 16.8. The van der Waals surface area contributed by atoms with Crippen molar-refractivity contribution in [2.45, 2.75) is 56.6 Å². The maximum absolute atomic E-state index is 12.6. The molecule has 1 aromatic carbocycles. The van der Waals surface area contributed by atoms with E-state index in [4.69, 9.17) is 0 Å². The lowest BCUT2D eigenvalue weighted by molar-refractivity contribution is -0.116. The smallest absolute Gasteiger partial charge is 0.228 e. The van der Waals surface area contributed by atoms with Crippen molar-refractivity contribution in [3.8, 4) is 0 Å². The molecule has 1 N–H and O–H groups in total. The zero-order chi connectivity index (χ0) is 20.2. The fourth-order valence-corrected chi connectivity index (χ4v) is 4.45. The highest BCUT2D eigenvalue weighted by Gasteiger charge is 2.32. The van der Waals surface area contributed by atoms with Crippen LogP contribution in [0.25, 0.3) is 0 Å². The van der Waals surface area contributed by atoms with Crippen LogP contribution in [0.3, 0.4) is 0 Å². The van der Waals surface area contributed by atoms with Gasteiger partial charge in [-0.1, -0.05) is 18.7 Å². The van der Waals surface area contributed by atoms with Crippen molar-refractivity contribution >= 4 is 35.1 Å². The van der Waals surface area contributed by atoms with Gasteiger partial charge in [0.15, 0.2) is 10.9 Å². The summed E-state index contributed by atoms with van der Waals surface area (Å²) in [6, 6.07) is 7.58. The van der Waals surface area contributed by atoms with Gasteiger partial charge in [-0.15, -0.1) is 10.2 Å². The average Bonchev–Trinajstić information content (AvgIpc) is 3.24. The van der Waals surface area contributed by atoms with E-state index >= 15 is 0 Å². The monoisotopic (exact) mass is 413 g/mol. The molecule has 0 bridgehead atoms. The number of nitrogens with one attached hydrogen (secondary N) is 1. The normalized spacial score (nSPS) is 16.2. The quantitative estimate of drug-likeness (QED) is 0.496. The highest BCUT2D eigenvalue weighted by Crippen LogP contribution is 2.41. The highest BCUT2D eigenvalue weighted by atomic mass is 32.2. The molecule has 8 heteroatoms. The van der Waals surface area contributed by atoms with Crippen LogP contribution >= 0.6 is 11.8 Å². The highest BCUT2D eigenvalue weighted by molar-refractivity contribution is 7.99. The van der Waals surface area contributed by atoms with E-state index in [0.29, 0.717) is 23.8 Å². The van der Waals surface area contributed by atoms with Crippen molar-refractivity contribution in [2.24, 2.45) is 0 Å². The Balaban J connectivity index is 1.38. The number of Topliss-reactive ketones (excluding diaryl/α,β-unsaturated/α-hetero) is 1. The molecule has 154 valence electrons. The summed E-state index contributed by atoms with van der Waals surface area (Å²) in [5.74, 6) is 1.34. The number of nitrogens with zero attached hydrogens (tertiary/aromatic N) is 4. The van der Waals surface area contributed by atoms with Gasteiger partial charge >= 0.3 is 0 Å². The van der Waals surface area contributed by atoms with Gasteiger partial charge in [0.05, 0.1) is 5.75 Å². The Morgan fingerprint density at radius 1 is 1.14 bits per heavy atom. The number of hydrogen-bond donors (Lipinski definition) is 1. The molecule has 1 aliphatic heterocycles. The van der Waals surface area contributed by atoms with Gasteiger partial charge < -0.3 is 10.2 Å². The first-order valence-electron chi connectivity index (χ1n) is 10.4. The van der Waals surface area contributed by atoms with Crippen LogP contribution < -0.4 is 10.2 Å². The number of thioether (sulfide) groups is 1. The van der Waals surface area contributed by atoms with Gasteiger partial charge in [0.2, 0.25) is 11.9 Å². The minimum Gasteiger partial charge on any atom is -0.341 e. The van der Waals surface area contributed by atoms with Gasteiger partial charge in [-0.25, -0.2) is 0 Å². The van der Waals surface area contributed by atoms with Crippen molar-refractivity contribution in [3.63, 3.8) is 0 Å². The predicted octanol–water partition coefficient (Wildman–Crippen LogP) is 3.93. The number of amides is 1. The zero-order valence-corrected chi connectivity index (χ0v) is 17.6. The minimum atomic E-state index is -0.00430. The lowest BCUT2D eigenvalue weighted by Crippen LogP contribution is -2.22. The van der Waals surface area contributed by atoms with Crippen molar-refractivity contribution < 1.29 is 9.59 Å². The third-order valence-corrected chi connectivity index (χ3v) is 6.19. The molecule has 2 aliphatic rings. The molecule has 0 spiro atoms. The van der Waals surface area contributed by atoms with Crippen molar-refractivity contribution in [1.82, 2.24) is 14.8 Å². The number of carbonyl (C=O) groups is 2. The Labute approximate surface area is 175 Å². The first-order valence-corrected chi connectivity index (χ1v) is 11.4. The summed E-state index contributed by atoms with van der Waals surface area (Å²) in [6.45, 7) is 4.04. The maximum atomic E-state index is 12.6.